The van der Waals surface area contributed by atoms with Gasteiger partial charge in [-0.3, -0.25) is 0 Å². The van der Waals surface area contributed by atoms with Crippen LogP contribution in [0.25, 0.3) is 0 Å². The van der Waals surface area contributed by atoms with E-state index in [1.807, 2.05) is 6.07 Å². The van der Waals surface area contributed by atoms with Crippen molar-refractivity contribution in [2.75, 3.05) is 25.2 Å². The number of nitrogens with zero attached hydrogens (tertiary/aromatic N) is 2. The van der Waals surface area contributed by atoms with Crippen LogP contribution < -0.4 is 4.90 Å². The Morgan fingerprint density at radius 2 is 2.25 bits per heavy atom. The van der Waals surface area contributed by atoms with Crippen molar-refractivity contribution < 1.29 is 4.74 Å². The zero-order chi connectivity index (χ0) is 12.1. The molecule has 0 aliphatic heterocycles. The molecule has 0 aliphatic carbocycles. The Labute approximate surface area is 110 Å². The van der Waals surface area contributed by atoms with Crippen molar-refractivity contribution in [2.45, 2.75) is 19.9 Å². The van der Waals surface area contributed by atoms with Gasteiger partial charge < -0.3 is 9.64 Å². The van der Waals surface area contributed by atoms with E-state index in [2.05, 4.69) is 39.7 Å². The first-order chi connectivity index (χ1) is 7.56. The number of rotatable bonds is 5. The van der Waals surface area contributed by atoms with Gasteiger partial charge in [-0.25, -0.2) is 4.98 Å². The molecule has 0 unspecified atom stereocenters. The molecular formula is C11H16BrClN2O. The normalized spacial score (nSPS) is 10.9. The molecular weight excluding hydrogens is 291 g/mol. The van der Waals surface area contributed by atoms with Crippen LogP contribution >= 0.6 is 27.5 Å². The molecule has 90 valence electrons. The van der Waals surface area contributed by atoms with Crippen LogP contribution in [0.5, 0.6) is 0 Å². The zero-order valence-corrected chi connectivity index (χ0v) is 12.0. The van der Waals surface area contributed by atoms with Gasteiger partial charge in [0.25, 0.3) is 0 Å². The lowest BCUT2D eigenvalue weighted by molar-refractivity contribution is 0.203. The van der Waals surface area contributed by atoms with Crippen LogP contribution in [0.15, 0.2) is 16.7 Å². The van der Waals surface area contributed by atoms with E-state index in [1.165, 1.54) is 0 Å². The molecule has 1 aromatic heterocycles. The van der Waals surface area contributed by atoms with Gasteiger partial charge in [-0.15, -0.1) is 0 Å². The Morgan fingerprint density at radius 1 is 1.56 bits per heavy atom. The number of hydrogen-bond acceptors (Lipinski definition) is 3. The topological polar surface area (TPSA) is 25.4 Å². The van der Waals surface area contributed by atoms with Crippen molar-refractivity contribution in [3.05, 3.63) is 21.8 Å². The summed E-state index contributed by atoms with van der Waals surface area (Å²) in [6, 6.07) is 2.19. The standard InChI is InChI=1S/C11H16BrClN2O/c1-8(2)15(4-5-16-3)11-10(13)6-9(12)7-14-11/h6-8H,4-5H2,1-3H3. The van der Waals surface area contributed by atoms with Crippen LogP contribution in [0.4, 0.5) is 5.82 Å². The number of ether oxygens (including phenoxy) is 1. The Balaban J connectivity index is 2.92. The largest absolute Gasteiger partial charge is 0.383 e. The van der Waals surface area contributed by atoms with Crippen LogP contribution in [0.1, 0.15) is 13.8 Å². The molecule has 0 radical (unpaired) electrons. The number of methoxy groups -OCH3 is 1. The molecule has 0 amide bonds. The SMILES string of the molecule is COCCN(c1ncc(Br)cc1Cl)C(C)C. The summed E-state index contributed by atoms with van der Waals surface area (Å²) in [6.45, 7) is 5.65. The maximum absolute atomic E-state index is 6.17. The minimum Gasteiger partial charge on any atom is -0.383 e. The predicted molar refractivity (Wildman–Crippen MR) is 71.3 cm³/mol. The first-order valence-electron chi connectivity index (χ1n) is 5.13. The Kier molecular flexibility index (Phi) is 5.52. The van der Waals surface area contributed by atoms with E-state index in [0.717, 1.165) is 16.8 Å². The van der Waals surface area contributed by atoms with Crippen molar-refractivity contribution in [1.29, 1.82) is 0 Å². The van der Waals surface area contributed by atoms with E-state index in [1.54, 1.807) is 13.3 Å². The Hall–Kier alpha value is -0.320. The van der Waals surface area contributed by atoms with E-state index in [4.69, 9.17) is 16.3 Å². The van der Waals surface area contributed by atoms with Crippen LogP contribution in [0, 0.1) is 0 Å². The fourth-order valence-electron chi connectivity index (χ4n) is 1.42. The number of pyridine rings is 1. The summed E-state index contributed by atoms with van der Waals surface area (Å²) >= 11 is 9.52. The molecule has 0 N–H and O–H groups in total. The smallest absolute Gasteiger partial charge is 0.147 e. The van der Waals surface area contributed by atoms with Gasteiger partial charge in [0.15, 0.2) is 0 Å². The third kappa shape index (κ3) is 3.61. The maximum atomic E-state index is 6.17. The third-order valence-electron chi connectivity index (χ3n) is 2.22. The van der Waals surface area contributed by atoms with Gasteiger partial charge in [-0.1, -0.05) is 11.6 Å². The highest BCUT2D eigenvalue weighted by molar-refractivity contribution is 9.10. The third-order valence-corrected chi connectivity index (χ3v) is 2.93. The molecule has 0 saturated carbocycles. The Morgan fingerprint density at radius 3 is 2.75 bits per heavy atom. The Bertz CT molecular complexity index is 347. The molecule has 3 nitrogen and oxygen atoms in total. The highest BCUT2D eigenvalue weighted by atomic mass is 79.9. The molecule has 1 aromatic rings. The van der Waals surface area contributed by atoms with E-state index in [9.17, 15) is 0 Å². The summed E-state index contributed by atoms with van der Waals surface area (Å²) in [5, 5.41) is 0.652. The number of anilines is 1. The fourth-order valence-corrected chi connectivity index (χ4v) is 2.15. The minimum absolute atomic E-state index is 0.335. The highest BCUT2D eigenvalue weighted by Gasteiger charge is 2.15. The van der Waals surface area contributed by atoms with Crippen molar-refractivity contribution in [3.8, 4) is 0 Å². The average molecular weight is 308 g/mol. The summed E-state index contributed by atoms with van der Waals surface area (Å²) in [5.74, 6) is 0.803. The van der Waals surface area contributed by atoms with Crippen molar-refractivity contribution in [1.82, 2.24) is 4.98 Å². The molecule has 1 heterocycles. The second kappa shape index (κ2) is 6.42. The van der Waals surface area contributed by atoms with Gasteiger partial charge in [0.05, 0.1) is 11.6 Å². The van der Waals surface area contributed by atoms with E-state index < -0.39 is 0 Å². The van der Waals surface area contributed by atoms with Crippen LogP contribution in [0.3, 0.4) is 0 Å². The van der Waals surface area contributed by atoms with Gasteiger partial charge in [-0.05, 0) is 35.8 Å². The molecule has 0 aromatic carbocycles. The van der Waals surface area contributed by atoms with Crippen LogP contribution in [0.2, 0.25) is 5.02 Å². The molecule has 0 fully saturated rings. The quantitative estimate of drug-likeness (QED) is 0.834. The summed E-state index contributed by atoms with van der Waals surface area (Å²) in [7, 11) is 1.69. The van der Waals surface area contributed by atoms with Gasteiger partial charge in [-0.2, -0.15) is 0 Å². The lowest BCUT2D eigenvalue weighted by atomic mass is 10.3. The number of hydrogen-bond donors (Lipinski definition) is 0. The predicted octanol–water partition coefficient (Wildman–Crippen LogP) is 3.36. The fraction of sp³-hybridized carbons (Fsp3) is 0.545. The molecule has 0 bridgehead atoms. The molecule has 0 aliphatic rings. The molecule has 0 atom stereocenters. The van der Waals surface area contributed by atoms with Gasteiger partial charge >= 0.3 is 0 Å². The van der Waals surface area contributed by atoms with Crippen molar-refractivity contribution >= 4 is 33.3 Å². The lowest BCUT2D eigenvalue weighted by Crippen LogP contribution is -2.34. The molecule has 5 heteroatoms. The average Bonchev–Trinajstić information content (AvgIpc) is 2.20. The van der Waals surface area contributed by atoms with Gasteiger partial charge in [0.1, 0.15) is 5.82 Å². The van der Waals surface area contributed by atoms with Gasteiger partial charge in [0.2, 0.25) is 0 Å². The maximum Gasteiger partial charge on any atom is 0.147 e. The second-order valence-corrected chi connectivity index (χ2v) is 5.06. The summed E-state index contributed by atoms with van der Waals surface area (Å²) < 4.78 is 5.97. The summed E-state index contributed by atoms with van der Waals surface area (Å²) in [4.78, 5) is 6.47. The van der Waals surface area contributed by atoms with E-state index in [0.29, 0.717) is 17.7 Å². The summed E-state index contributed by atoms with van der Waals surface area (Å²) in [5.41, 5.74) is 0. The minimum atomic E-state index is 0.335. The van der Waals surface area contributed by atoms with Crippen molar-refractivity contribution in [2.24, 2.45) is 0 Å². The number of halogens is 2. The molecule has 1 rings (SSSR count). The molecule has 16 heavy (non-hydrogen) atoms. The number of aromatic nitrogens is 1. The lowest BCUT2D eigenvalue weighted by Gasteiger charge is -2.28. The summed E-state index contributed by atoms with van der Waals surface area (Å²) in [6.07, 6.45) is 1.75. The van der Waals surface area contributed by atoms with E-state index in [-0.39, 0.29) is 0 Å². The molecule has 0 saturated heterocycles. The molecule has 0 spiro atoms. The second-order valence-electron chi connectivity index (χ2n) is 3.74. The highest BCUT2D eigenvalue weighted by Crippen LogP contribution is 2.27. The van der Waals surface area contributed by atoms with Crippen molar-refractivity contribution in [3.63, 3.8) is 0 Å². The van der Waals surface area contributed by atoms with Crippen LogP contribution in [-0.2, 0) is 4.74 Å². The van der Waals surface area contributed by atoms with Crippen LogP contribution in [-0.4, -0.2) is 31.3 Å². The first kappa shape index (κ1) is 13.7. The first-order valence-corrected chi connectivity index (χ1v) is 6.30. The monoisotopic (exact) mass is 306 g/mol. The van der Waals surface area contributed by atoms with Gasteiger partial charge in [0, 0.05) is 30.4 Å². The zero-order valence-electron chi connectivity index (χ0n) is 9.70. The van der Waals surface area contributed by atoms with E-state index >= 15 is 0 Å².